The van der Waals surface area contributed by atoms with Gasteiger partial charge in [0.05, 0.1) is 10.3 Å². The molecule has 0 aliphatic rings. The lowest BCUT2D eigenvalue weighted by Gasteiger charge is -2.12. The monoisotopic (exact) mass is 306 g/mol. The number of benzene rings is 1. The van der Waals surface area contributed by atoms with Gasteiger partial charge in [0.2, 0.25) is 5.91 Å². The molecule has 2 aromatic rings. The van der Waals surface area contributed by atoms with Crippen LogP contribution in [-0.2, 0) is 11.3 Å². The minimum absolute atomic E-state index is 0.0272. The second-order valence-corrected chi connectivity index (χ2v) is 6.01. The van der Waals surface area contributed by atoms with Crippen LogP contribution in [0.3, 0.4) is 0 Å². The Morgan fingerprint density at radius 3 is 2.75 bits per heavy atom. The van der Waals surface area contributed by atoms with Gasteiger partial charge in [0, 0.05) is 17.8 Å². The van der Waals surface area contributed by atoms with Crippen LogP contribution in [0.4, 0.5) is 0 Å². The number of carbonyl (C=O) groups is 1. The van der Waals surface area contributed by atoms with Crippen molar-refractivity contribution in [2.75, 3.05) is 0 Å². The number of halogens is 1. The first-order valence-electron chi connectivity index (χ1n) is 6.25. The number of nitrogens with one attached hydrogen (secondary N) is 1. The lowest BCUT2D eigenvalue weighted by molar-refractivity contribution is -0.120. The Bertz CT molecular complexity index is 577. The number of carbonyl (C=O) groups excluding carboxylic acids is 1. The first-order valence-corrected chi connectivity index (χ1v) is 7.51. The minimum atomic E-state index is -0.201. The molecule has 1 N–H and O–H groups in total. The molecule has 0 radical (unpaired) electrons. The summed E-state index contributed by atoms with van der Waals surface area (Å²) in [5.74, 6) is -0.0272. The molecule has 1 unspecified atom stereocenters. The largest absolute Gasteiger partial charge is 0.351 e. The Morgan fingerprint density at radius 1 is 1.30 bits per heavy atom. The summed E-state index contributed by atoms with van der Waals surface area (Å²) in [4.78, 5) is 16.2. The van der Waals surface area contributed by atoms with Crippen molar-refractivity contribution in [2.24, 2.45) is 0 Å². The van der Waals surface area contributed by atoms with E-state index in [1.165, 1.54) is 11.8 Å². The SMILES string of the molecule is CC(Sc1ccccn1)C(=O)NCc1ccccc1Cl. The van der Waals surface area contributed by atoms with Crippen LogP contribution in [0.5, 0.6) is 0 Å². The van der Waals surface area contributed by atoms with Crippen molar-refractivity contribution in [1.29, 1.82) is 0 Å². The number of aromatic nitrogens is 1. The maximum absolute atomic E-state index is 12.0. The van der Waals surface area contributed by atoms with E-state index >= 15 is 0 Å². The van der Waals surface area contributed by atoms with Crippen LogP contribution in [-0.4, -0.2) is 16.1 Å². The minimum Gasteiger partial charge on any atom is -0.351 e. The number of amides is 1. The Balaban J connectivity index is 1.87. The van der Waals surface area contributed by atoms with Gasteiger partial charge in [-0.15, -0.1) is 0 Å². The van der Waals surface area contributed by atoms with E-state index in [9.17, 15) is 4.79 Å². The Hall–Kier alpha value is -1.52. The average Bonchev–Trinajstić information content (AvgIpc) is 2.47. The molecule has 0 spiro atoms. The topological polar surface area (TPSA) is 42.0 Å². The summed E-state index contributed by atoms with van der Waals surface area (Å²) in [6.07, 6.45) is 1.72. The standard InChI is InChI=1S/C15H15ClN2OS/c1-11(20-14-8-4-5-9-17-14)15(19)18-10-12-6-2-3-7-13(12)16/h2-9,11H,10H2,1H3,(H,18,19). The first kappa shape index (κ1) is 14.9. The maximum Gasteiger partial charge on any atom is 0.233 e. The number of thioether (sulfide) groups is 1. The fourth-order valence-corrected chi connectivity index (χ4v) is 2.65. The Kier molecular flexibility index (Phi) is 5.44. The van der Waals surface area contributed by atoms with Crippen molar-refractivity contribution in [2.45, 2.75) is 23.7 Å². The van der Waals surface area contributed by atoms with Gasteiger partial charge < -0.3 is 5.32 Å². The van der Waals surface area contributed by atoms with Crippen LogP contribution in [0.2, 0.25) is 5.02 Å². The Labute approximate surface area is 127 Å². The molecule has 104 valence electrons. The number of pyridine rings is 1. The molecule has 0 saturated carbocycles. The number of hydrogen-bond acceptors (Lipinski definition) is 3. The summed E-state index contributed by atoms with van der Waals surface area (Å²) >= 11 is 7.49. The van der Waals surface area contributed by atoms with Gasteiger partial charge >= 0.3 is 0 Å². The molecular weight excluding hydrogens is 292 g/mol. The van der Waals surface area contributed by atoms with Crippen molar-refractivity contribution in [3.05, 3.63) is 59.2 Å². The van der Waals surface area contributed by atoms with Crippen molar-refractivity contribution >= 4 is 29.3 Å². The van der Waals surface area contributed by atoms with Gasteiger partial charge in [0.25, 0.3) is 0 Å². The highest BCUT2D eigenvalue weighted by molar-refractivity contribution is 8.00. The predicted octanol–water partition coefficient (Wildman–Crippen LogP) is 3.53. The van der Waals surface area contributed by atoms with Crippen LogP contribution in [0, 0.1) is 0 Å². The smallest absolute Gasteiger partial charge is 0.233 e. The van der Waals surface area contributed by atoms with E-state index < -0.39 is 0 Å². The molecular formula is C15H15ClN2OS. The number of hydrogen-bond donors (Lipinski definition) is 1. The van der Waals surface area contributed by atoms with E-state index in [0.717, 1.165) is 10.6 Å². The highest BCUT2D eigenvalue weighted by Gasteiger charge is 2.14. The van der Waals surface area contributed by atoms with E-state index in [4.69, 9.17) is 11.6 Å². The normalized spacial score (nSPS) is 11.9. The zero-order chi connectivity index (χ0) is 14.4. The summed E-state index contributed by atoms with van der Waals surface area (Å²) in [5.41, 5.74) is 0.914. The van der Waals surface area contributed by atoms with Crippen molar-refractivity contribution in [3.8, 4) is 0 Å². The zero-order valence-corrected chi connectivity index (χ0v) is 12.6. The Morgan fingerprint density at radius 2 is 2.05 bits per heavy atom. The van der Waals surface area contributed by atoms with Gasteiger partial charge in [-0.3, -0.25) is 4.79 Å². The third-order valence-electron chi connectivity index (χ3n) is 2.72. The van der Waals surface area contributed by atoms with Crippen LogP contribution >= 0.6 is 23.4 Å². The molecule has 20 heavy (non-hydrogen) atoms. The first-order chi connectivity index (χ1) is 9.66. The third kappa shape index (κ3) is 4.25. The number of nitrogens with zero attached hydrogens (tertiary/aromatic N) is 1. The molecule has 3 nitrogen and oxygen atoms in total. The van der Waals surface area contributed by atoms with Gasteiger partial charge in [0.15, 0.2) is 0 Å². The molecule has 1 aromatic heterocycles. The van der Waals surface area contributed by atoms with Crippen molar-refractivity contribution in [3.63, 3.8) is 0 Å². The van der Waals surface area contributed by atoms with Gasteiger partial charge in [-0.2, -0.15) is 0 Å². The summed E-state index contributed by atoms with van der Waals surface area (Å²) in [7, 11) is 0. The second kappa shape index (κ2) is 7.31. The summed E-state index contributed by atoms with van der Waals surface area (Å²) in [5, 5.41) is 4.19. The molecule has 0 bridgehead atoms. The predicted molar refractivity (Wildman–Crippen MR) is 82.9 cm³/mol. The highest BCUT2D eigenvalue weighted by atomic mass is 35.5. The molecule has 0 aliphatic carbocycles. The van der Waals surface area contributed by atoms with Crippen LogP contribution in [0.1, 0.15) is 12.5 Å². The van der Waals surface area contributed by atoms with Crippen LogP contribution in [0.25, 0.3) is 0 Å². The molecule has 1 aromatic carbocycles. The quantitative estimate of drug-likeness (QED) is 0.859. The molecule has 2 rings (SSSR count). The van der Waals surface area contributed by atoms with Crippen molar-refractivity contribution in [1.82, 2.24) is 10.3 Å². The van der Waals surface area contributed by atoms with Gasteiger partial charge in [0.1, 0.15) is 0 Å². The molecule has 1 amide bonds. The van der Waals surface area contributed by atoms with Gasteiger partial charge in [-0.05, 0) is 30.7 Å². The molecule has 1 atom stereocenters. The van der Waals surface area contributed by atoms with Crippen molar-refractivity contribution < 1.29 is 4.79 Å². The maximum atomic E-state index is 12.0. The fourth-order valence-electron chi connectivity index (χ4n) is 1.62. The highest BCUT2D eigenvalue weighted by Crippen LogP contribution is 2.21. The van der Waals surface area contributed by atoms with E-state index in [0.29, 0.717) is 11.6 Å². The fraction of sp³-hybridized carbons (Fsp3) is 0.200. The van der Waals surface area contributed by atoms with E-state index in [1.807, 2.05) is 49.4 Å². The van der Waals surface area contributed by atoms with Gasteiger partial charge in [-0.1, -0.05) is 47.6 Å². The number of rotatable bonds is 5. The van der Waals surface area contributed by atoms with E-state index in [2.05, 4.69) is 10.3 Å². The zero-order valence-electron chi connectivity index (χ0n) is 11.0. The summed E-state index contributed by atoms with van der Waals surface area (Å²) in [6.45, 7) is 2.30. The second-order valence-electron chi connectivity index (χ2n) is 4.24. The molecule has 1 heterocycles. The summed E-state index contributed by atoms with van der Waals surface area (Å²) < 4.78 is 0. The van der Waals surface area contributed by atoms with E-state index in [1.54, 1.807) is 6.20 Å². The molecule has 5 heteroatoms. The molecule has 0 saturated heterocycles. The lowest BCUT2D eigenvalue weighted by Crippen LogP contribution is -2.30. The third-order valence-corrected chi connectivity index (χ3v) is 4.13. The lowest BCUT2D eigenvalue weighted by atomic mass is 10.2. The molecule has 0 fully saturated rings. The van der Waals surface area contributed by atoms with E-state index in [-0.39, 0.29) is 11.2 Å². The average molecular weight is 307 g/mol. The van der Waals surface area contributed by atoms with Gasteiger partial charge in [-0.25, -0.2) is 4.98 Å². The summed E-state index contributed by atoms with van der Waals surface area (Å²) in [6, 6.07) is 13.1. The van der Waals surface area contributed by atoms with Crippen LogP contribution in [0.15, 0.2) is 53.7 Å². The van der Waals surface area contributed by atoms with Crippen LogP contribution < -0.4 is 5.32 Å². The molecule has 0 aliphatic heterocycles.